The predicted octanol–water partition coefficient (Wildman–Crippen LogP) is 3.17. The average molecular weight is 379 g/mol. The van der Waals surface area contributed by atoms with E-state index < -0.39 is 0 Å². The van der Waals surface area contributed by atoms with Gasteiger partial charge in [0.05, 0.1) is 6.04 Å². The maximum absolute atomic E-state index is 12.3. The minimum absolute atomic E-state index is 0.0560. The van der Waals surface area contributed by atoms with Crippen molar-refractivity contribution in [2.75, 3.05) is 39.3 Å². The van der Waals surface area contributed by atoms with Crippen LogP contribution in [0.4, 0.5) is 4.79 Å². The molecule has 1 aromatic rings. The number of likely N-dealkylation sites (tertiary alicyclic amines) is 1. The van der Waals surface area contributed by atoms with E-state index in [9.17, 15) is 4.79 Å². The summed E-state index contributed by atoms with van der Waals surface area (Å²) in [5.41, 5.74) is 1.22. The molecule has 5 nitrogen and oxygen atoms in total. The Bertz CT molecular complexity index is 553. The van der Waals surface area contributed by atoms with Gasteiger partial charge in [-0.25, -0.2) is 4.79 Å². The van der Waals surface area contributed by atoms with E-state index in [0.717, 1.165) is 50.6 Å². The molecule has 0 bridgehead atoms. The molecule has 0 unspecified atom stereocenters. The highest BCUT2D eigenvalue weighted by Crippen LogP contribution is 2.25. The zero-order valence-corrected chi connectivity index (χ0v) is 16.2. The molecule has 0 radical (unpaired) electrons. The van der Waals surface area contributed by atoms with Crippen molar-refractivity contribution in [3.8, 4) is 0 Å². The van der Waals surface area contributed by atoms with Crippen molar-refractivity contribution in [1.29, 1.82) is 0 Å². The first-order valence-electron chi connectivity index (χ1n) is 9.94. The van der Waals surface area contributed by atoms with Crippen molar-refractivity contribution >= 4 is 17.6 Å². The van der Waals surface area contributed by atoms with Crippen LogP contribution in [0.5, 0.6) is 0 Å². The molecule has 2 aliphatic rings. The van der Waals surface area contributed by atoms with Gasteiger partial charge in [0.25, 0.3) is 0 Å². The van der Waals surface area contributed by atoms with Crippen LogP contribution in [0, 0.1) is 5.92 Å². The molecule has 0 aromatic heterocycles. The van der Waals surface area contributed by atoms with Gasteiger partial charge in [0.2, 0.25) is 0 Å². The summed E-state index contributed by atoms with van der Waals surface area (Å²) in [4.78, 5) is 14.8. The summed E-state index contributed by atoms with van der Waals surface area (Å²) in [7, 11) is 0. The van der Waals surface area contributed by atoms with Crippen LogP contribution in [0.15, 0.2) is 24.3 Å². The molecule has 6 heteroatoms. The fourth-order valence-electron chi connectivity index (χ4n) is 3.95. The number of nitrogens with one attached hydrogen (secondary N) is 3. The molecule has 1 aromatic carbocycles. The van der Waals surface area contributed by atoms with E-state index in [2.05, 4.69) is 33.0 Å². The lowest BCUT2D eigenvalue weighted by molar-refractivity contribution is 0.160. The van der Waals surface area contributed by atoms with Crippen LogP contribution >= 0.6 is 11.6 Å². The monoisotopic (exact) mass is 378 g/mol. The van der Waals surface area contributed by atoms with Crippen molar-refractivity contribution < 1.29 is 4.79 Å². The summed E-state index contributed by atoms with van der Waals surface area (Å²) in [6.45, 7) is 5.68. The number of halogens is 1. The van der Waals surface area contributed by atoms with Gasteiger partial charge in [0.15, 0.2) is 0 Å². The van der Waals surface area contributed by atoms with Crippen LogP contribution in [-0.4, -0.2) is 50.2 Å². The SMILES string of the molecule is O=C(NCC1CCNCC1)NC[C@H](c1ccc(Cl)cc1)N1CCCCC1. The topological polar surface area (TPSA) is 56.4 Å². The molecule has 3 rings (SSSR count). The smallest absolute Gasteiger partial charge is 0.314 e. The summed E-state index contributed by atoms with van der Waals surface area (Å²) in [6.07, 6.45) is 6.04. The standard InChI is InChI=1S/C20H31ClN4O/c21-18-6-4-17(5-7-18)19(25-12-2-1-3-13-25)15-24-20(26)23-14-16-8-10-22-11-9-16/h4-7,16,19,22H,1-3,8-15H2,(H2,23,24,26)/t19-/m1/s1. The summed E-state index contributed by atoms with van der Waals surface area (Å²) in [5.74, 6) is 0.594. The second kappa shape index (κ2) is 10.1. The molecule has 0 aliphatic carbocycles. The summed E-state index contributed by atoms with van der Waals surface area (Å²) < 4.78 is 0. The van der Waals surface area contributed by atoms with Gasteiger partial charge >= 0.3 is 6.03 Å². The van der Waals surface area contributed by atoms with Gasteiger partial charge in [-0.3, -0.25) is 4.90 Å². The van der Waals surface area contributed by atoms with Crippen LogP contribution in [0.25, 0.3) is 0 Å². The number of carbonyl (C=O) groups is 1. The van der Waals surface area contributed by atoms with E-state index in [0.29, 0.717) is 12.5 Å². The second-order valence-corrected chi connectivity index (χ2v) is 7.88. The molecule has 0 spiro atoms. The molecule has 2 amide bonds. The van der Waals surface area contributed by atoms with Crippen LogP contribution in [0.2, 0.25) is 5.02 Å². The molecule has 0 saturated carbocycles. The number of hydrogen-bond acceptors (Lipinski definition) is 3. The molecule has 26 heavy (non-hydrogen) atoms. The highest BCUT2D eigenvalue weighted by atomic mass is 35.5. The third kappa shape index (κ3) is 5.86. The Labute approximate surface area is 161 Å². The van der Waals surface area contributed by atoms with Crippen molar-refractivity contribution in [3.63, 3.8) is 0 Å². The van der Waals surface area contributed by atoms with Crippen LogP contribution in [0.1, 0.15) is 43.7 Å². The van der Waals surface area contributed by atoms with Gasteiger partial charge in [0.1, 0.15) is 0 Å². The lowest BCUT2D eigenvalue weighted by Crippen LogP contribution is -2.45. The Morgan fingerprint density at radius 2 is 1.81 bits per heavy atom. The molecule has 2 heterocycles. The fraction of sp³-hybridized carbons (Fsp3) is 0.650. The van der Waals surface area contributed by atoms with Crippen LogP contribution in [0.3, 0.4) is 0 Å². The third-order valence-corrected chi connectivity index (χ3v) is 5.80. The van der Waals surface area contributed by atoms with Crippen LogP contribution < -0.4 is 16.0 Å². The fourth-order valence-corrected chi connectivity index (χ4v) is 4.07. The molecule has 1 atom stereocenters. The molecule has 144 valence electrons. The number of amides is 2. The van der Waals surface area contributed by atoms with Crippen molar-refractivity contribution in [2.45, 2.75) is 38.1 Å². The average Bonchev–Trinajstić information content (AvgIpc) is 2.69. The lowest BCUT2D eigenvalue weighted by Gasteiger charge is -2.35. The molecule has 2 fully saturated rings. The van der Waals surface area contributed by atoms with Crippen molar-refractivity contribution in [1.82, 2.24) is 20.9 Å². The molecular weight excluding hydrogens is 348 g/mol. The Morgan fingerprint density at radius 1 is 1.12 bits per heavy atom. The lowest BCUT2D eigenvalue weighted by atomic mass is 9.98. The second-order valence-electron chi connectivity index (χ2n) is 7.45. The number of nitrogens with zero attached hydrogens (tertiary/aromatic N) is 1. The van der Waals surface area contributed by atoms with Gasteiger partial charge in [-0.15, -0.1) is 0 Å². The predicted molar refractivity (Wildman–Crippen MR) is 107 cm³/mol. The minimum atomic E-state index is -0.0560. The van der Waals surface area contributed by atoms with E-state index in [1.807, 2.05) is 12.1 Å². The van der Waals surface area contributed by atoms with Crippen LogP contribution in [-0.2, 0) is 0 Å². The van der Waals surface area contributed by atoms with Gasteiger partial charge in [-0.1, -0.05) is 30.2 Å². The normalized spacial score (nSPS) is 20.5. The summed E-state index contributed by atoms with van der Waals surface area (Å²) in [5, 5.41) is 10.3. The van der Waals surface area contributed by atoms with E-state index in [1.165, 1.54) is 24.8 Å². The van der Waals surface area contributed by atoms with E-state index in [4.69, 9.17) is 11.6 Å². The summed E-state index contributed by atoms with van der Waals surface area (Å²) in [6, 6.07) is 8.18. The maximum Gasteiger partial charge on any atom is 0.314 e. The zero-order chi connectivity index (χ0) is 18.2. The number of hydrogen-bond donors (Lipinski definition) is 3. The number of benzene rings is 1. The largest absolute Gasteiger partial charge is 0.338 e. The van der Waals surface area contributed by atoms with Crippen molar-refractivity contribution in [3.05, 3.63) is 34.9 Å². The maximum atomic E-state index is 12.3. The Morgan fingerprint density at radius 3 is 2.50 bits per heavy atom. The van der Waals surface area contributed by atoms with Gasteiger partial charge in [-0.05, 0) is 75.5 Å². The molecule has 2 saturated heterocycles. The number of piperidine rings is 2. The summed E-state index contributed by atoms with van der Waals surface area (Å²) >= 11 is 6.05. The highest BCUT2D eigenvalue weighted by Gasteiger charge is 2.23. The first-order valence-corrected chi connectivity index (χ1v) is 10.3. The Balaban J connectivity index is 1.52. The molecular formula is C20H31ClN4O. The van der Waals surface area contributed by atoms with E-state index in [-0.39, 0.29) is 12.1 Å². The van der Waals surface area contributed by atoms with Gasteiger partial charge in [-0.2, -0.15) is 0 Å². The molecule has 2 aliphatic heterocycles. The van der Waals surface area contributed by atoms with Gasteiger partial charge < -0.3 is 16.0 Å². The number of carbonyl (C=O) groups excluding carboxylic acids is 1. The first kappa shape index (κ1) is 19.5. The third-order valence-electron chi connectivity index (χ3n) is 5.55. The molecule has 3 N–H and O–H groups in total. The van der Waals surface area contributed by atoms with Crippen molar-refractivity contribution in [2.24, 2.45) is 5.92 Å². The Kier molecular flexibility index (Phi) is 7.59. The quantitative estimate of drug-likeness (QED) is 0.712. The van der Waals surface area contributed by atoms with E-state index in [1.54, 1.807) is 0 Å². The minimum Gasteiger partial charge on any atom is -0.338 e. The zero-order valence-electron chi connectivity index (χ0n) is 15.5. The Hall–Kier alpha value is -1.30. The number of rotatable bonds is 6. The first-order chi connectivity index (χ1) is 12.7. The number of urea groups is 1. The highest BCUT2D eigenvalue weighted by molar-refractivity contribution is 6.30. The van der Waals surface area contributed by atoms with Gasteiger partial charge in [0, 0.05) is 18.1 Å². The van der Waals surface area contributed by atoms with E-state index >= 15 is 0 Å².